The van der Waals surface area contributed by atoms with Crippen molar-refractivity contribution in [2.24, 2.45) is 11.3 Å². The summed E-state index contributed by atoms with van der Waals surface area (Å²) < 4.78 is 0. The molecule has 0 fully saturated rings. The zero-order valence-corrected chi connectivity index (χ0v) is 7.05. The highest BCUT2D eigenvalue weighted by atomic mass is 16.2. The van der Waals surface area contributed by atoms with Gasteiger partial charge < -0.3 is 0 Å². The van der Waals surface area contributed by atoms with Crippen molar-refractivity contribution in [1.29, 1.82) is 0 Å². The normalized spacial score (nSPS) is 29.2. The number of allylic oxidation sites excluding steroid dienone is 2. The molecule has 0 bridgehead atoms. The van der Waals surface area contributed by atoms with Crippen molar-refractivity contribution in [2.75, 3.05) is 0 Å². The highest BCUT2D eigenvalue weighted by Gasteiger charge is 2.35. The van der Waals surface area contributed by atoms with Crippen molar-refractivity contribution < 1.29 is 9.59 Å². The minimum Gasteiger partial charge on any atom is -0.298 e. The van der Waals surface area contributed by atoms with E-state index in [9.17, 15) is 9.59 Å². The Morgan fingerprint density at radius 1 is 1.36 bits per heavy atom. The third kappa shape index (κ3) is 1.25. The molecule has 0 heterocycles. The van der Waals surface area contributed by atoms with E-state index in [4.69, 9.17) is 0 Å². The van der Waals surface area contributed by atoms with Crippen LogP contribution in [0.2, 0.25) is 0 Å². The first-order valence-corrected chi connectivity index (χ1v) is 3.72. The van der Waals surface area contributed by atoms with Gasteiger partial charge in [-0.15, -0.1) is 0 Å². The van der Waals surface area contributed by atoms with E-state index in [0.29, 0.717) is 0 Å². The average Bonchev–Trinajstić information content (AvgIpc) is 1.95. The van der Waals surface area contributed by atoms with Gasteiger partial charge in [-0.25, -0.2) is 0 Å². The minimum absolute atomic E-state index is 0.0185. The van der Waals surface area contributed by atoms with Gasteiger partial charge in [0.25, 0.3) is 0 Å². The van der Waals surface area contributed by atoms with E-state index in [0.717, 1.165) is 0 Å². The zero-order valence-electron chi connectivity index (χ0n) is 7.05. The molecule has 0 N–H and O–H groups in total. The molecular formula is C9H12O2. The van der Waals surface area contributed by atoms with E-state index in [1.54, 1.807) is 13.0 Å². The van der Waals surface area contributed by atoms with Gasteiger partial charge in [0.2, 0.25) is 0 Å². The summed E-state index contributed by atoms with van der Waals surface area (Å²) in [6.07, 6.45) is 3.18. The quantitative estimate of drug-likeness (QED) is 0.491. The lowest BCUT2D eigenvalue weighted by Crippen LogP contribution is -2.35. The number of carbonyl (C=O) groups is 2. The fourth-order valence-corrected chi connectivity index (χ4v) is 1.20. The lowest BCUT2D eigenvalue weighted by molar-refractivity contribution is -0.135. The molecule has 1 unspecified atom stereocenters. The third-order valence-corrected chi connectivity index (χ3v) is 2.12. The van der Waals surface area contributed by atoms with Crippen molar-refractivity contribution >= 4 is 11.6 Å². The van der Waals surface area contributed by atoms with Crippen LogP contribution in [-0.2, 0) is 9.59 Å². The topological polar surface area (TPSA) is 34.1 Å². The van der Waals surface area contributed by atoms with Gasteiger partial charge in [-0.3, -0.25) is 9.59 Å². The molecule has 0 saturated carbocycles. The Balaban J connectivity index is 3.04. The molecule has 1 aliphatic rings. The fourth-order valence-electron chi connectivity index (χ4n) is 1.20. The van der Waals surface area contributed by atoms with Crippen LogP contribution < -0.4 is 0 Å². The molecule has 1 rings (SSSR count). The third-order valence-electron chi connectivity index (χ3n) is 2.12. The van der Waals surface area contributed by atoms with Crippen LogP contribution in [-0.4, -0.2) is 11.6 Å². The standard InChI is InChI=1S/C9H12O2/c1-6-7(10)4-5-9(2,3)8(6)11/h4-6H,1-3H3. The summed E-state index contributed by atoms with van der Waals surface area (Å²) >= 11 is 0. The van der Waals surface area contributed by atoms with Gasteiger partial charge in [-0.05, 0) is 26.8 Å². The maximum absolute atomic E-state index is 11.4. The number of rotatable bonds is 0. The summed E-state index contributed by atoms with van der Waals surface area (Å²) in [6.45, 7) is 5.32. The smallest absolute Gasteiger partial charge is 0.165 e. The SMILES string of the molecule is CC1C(=O)C=CC(C)(C)C1=O. The van der Waals surface area contributed by atoms with Crippen molar-refractivity contribution in [3.8, 4) is 0 Å². The van der Waals surface area contributed by atoms with E-state index >= 15 is 0 Å². The van der Waals surface area contributed by atoms with Gasteiger partial charge in [-0.2, -0.15) is 0 Å². The molecule has 0 aromatic carbocycles. The van der Waals surface area contributed by atoms with Crippen molar-refractivity contribution in [1.82, 2.24) is 0 Å². The van der Waals surface area contributed by atoms with Gasteiger partial charge in [0.15, 0.2) is 11.6 Å². The second kappa shape index (κ2) is 2.29. The molecule has 0 aliphatic heterocycles. The van der Waals surface area contributed by atoms with Crippen LogP contribution in [0.15, 0.2) is 12.2 Å². The summed E-state index contributed by atoms with van der Waals surface area (Å²) in [5.41, 5.74) is -0.451. The molecule has 60 valence electrons. The van der Waals surface area contributed by atoms with Crippen molar-refractivity contribution in [3.63, 3.8) is 0 Å². The number of hydrogen-bond donors (Lipinski definition) is 0. The van der Waals surface area contributed by atoms with Crippen LogP contribution in [0.4, 0.5) is 0 Å². The Hall–Kier alpha value is -0.920. The van der Waals surface area contributed by atoms with E-state index in [2.05, 4.69) is 0 Å². The Morgan fingerprint density at radius 2 is 1.91 bits per heavy atom. The molecule has 0 aromatic rings. The maximum atomic E-state index is 11.4. The second-order valence-electron chi connectivity index (χ2n) is 3.54. The molecule has 1 aliphatic carbocycles. The molecule has 2 heteroatoms. The first-order valence-electron chi connectivity index (χ1n) is 3.72. The van der Waals surface area contributed by atoms with E-state index in [-0.39, 0.29) is 11.6 Å². The van der Waals surface area contributed by atoms with Gasteiger partial charge in [0, 0.05) is 5.41 Å². The Morgan fingerprint density at radius 3 is 2.36 bits per heavy atom. The largest absolute Gasteiger partial charge is 0.298 e. The Labute approximate surface area is 66.3 Å². The number of ketones is 2. The van der Waals surface area contributed by atoms with Crippen LogP contribution >= 0.6 is 0 Å². The molecule has 11 heavy (non-hydrogen) atoms. The molecule has 0 spiro atoms. The Bertz CT molecular complexity index is 236. The molecular weight excluding hydrogens is 140 g/mol. The predicted octanol–water partition coefficient (Wildman–Crippen LogP) is 1.36. The van der Waals surface area contributed by atoms with Crippen LogP contribution in [0, 0.1) is 11.3 Å². The lowest BCUT2D eigenvalue weighted by Gasteiger charge is -2.25. The predicted molar refractivity (Wildman–Crippen MR) is 42.1 cm³/mol. The Kier molecular flexibility index (Phi) is 1.70. The molecule has 0 saturated heterocycles. The molecule has 0 amide bonds. The van der Waals surface area contributed by atoms with Gasteiger partial charge in [0.05, 0.1) is 5.92 Å². The van der Waals surface area contributed by atoms with Crippen molar-refractivity contribution in [3.05, 3.63) is 12.2 Å². The van der Waals surface area contributed by atoms with Crippen LogP contribution in [0.3, 0.4) is 0 Å². The maximum Gasteiger partial charge on any atom is 0.165 e. The first kappa shape index (κ1) is 8.18. The van der Waals surface area contributed by atoms with Crippen LogP contribution in [0.5, 0.6) is 0 Å². The first-order chi connectivity index (χ1) is 4.95. The van der Waals surface area contributed by atoms with E-state index < -0.39 is 11.3 Å². The molecule has 1 atom stereocenters. The fraction of sp³-hybridized carbons (Fsp3) is 0.556. The highest BCUT2D eigenvalue weighted by molar-refractivity contribution is 6.12. The van der Waals surface area contributed by atoms with Crippen molar-refractivity contribution in [2.45, 2.75) is 20.8 Å². The summed E-state index contributed by atoms with van der Waals surface area (Å²) in [4.78, 5) is 22.4. The molecule has 0 radical (unpaired) electrons. The number of Topliss-reactive ketones (excluding diaryl/α,β-unsaturated/α-hetero) is 1. The van der Waals surface area contributed by atoms with Crippen LogP contribution in [0.1, 0.15) is 20.8 Å². The van der Waals surface area contributed by atoms with Crippen LogP contribution in [0.25, 0.3) is 0 Å². The zero-order chi connectivity index (χ0) is 8.65. The van der Waals surface area contributed by atoms with E-state index in [1.165, 1.54) is 6.08 Å². The van der Waals surface area contributed by atoms with Gasteiger partial charge >= 0.3 is 0 Å². The lowest BCUT2D eigenvalue weighted by atomic mass is 9.76. The van der Waals surface area contributed by atoms with Gasteiger partial charge in [-0.1, -0.05) is 6.08 Å². The summed E-state index contributed by atoms with van der Waals surface area (Å²) in [5.74, 6) is -0.505. The highest BCUT2D eigenvalue weighted by Crippen LogP contribution is 2.27. The van der Waals surface area contributed by atoms with Gasteiger partial charge in [0.1, 0.15) is 0 Å². The minimum atomic E-state index is -0.451. The monoisotopic (exact) mass is 152 g/mol. The molecule has 2 nitrogen and oxygen atoms in total. The average molecular weight is 152 g/mol. The summed E-state index contributed by atoms with van der Waals surface area (Å²) in [7, 11) is 0. The summed E-state index contributed by atoms with van der Waals surface area (Å²) in [6, 6.07) is 0. The summed E-state index contributed by atoms with van der Waals surface area (Å²) in [5, 5.41) is 0. The number of hydrogen-bond acceptors (Lipinski definition) is 2. The molecule has 0 aromatic heterocycles. The second-order valence-corrected chi connectivity index (χ2v) is 3.54. The number of carbonyl (C=O) groups excluding carboxylic acids is 2. The van der Waals surface area contributed by atoms with E-state index in [1.807, 2.05) is 13.8 Å².